The van der Waals surface area contributed by atoms with E-state index in [0.29, 0.717) is 5.54 Å². The maximum Gasteiger partial charge on any atom is 0.0612 e. The molecule has 84 valence electrons. The van der Waals surface area contributed by atoms with Crippen LogP contribution in [0.25, 0.3) is 0 Å². The van der Waals surface area contributed by atoms with Gasteiger partial charge in [0, 0.05) is 18.4 Å². The topological polar surface area (TPSA) is 0 Å². The van der Waals surface area contributed by atoms with E-state index in [1.54, 1.807) is 0 Å². The Bertz CT molecular complexity index is 254. The zero-order chi connectivity index (χ0) is 11.7. The second-order valence-electron chi connectivity index (χ2n) is 5.09. The molecule has 0 saturated heterocycles. The first-order chi connectivity index (χ1) is 7.02. The molecule has 0 amide bonds. The van der Waals surface area contributed by atoms with E-state index in [-0.39, 0.29) is 0 Å². The lowest BCUT2D eigenvalue weighted by Crippen LogP contribution is -2.27. The van der Waals surface area contributed by atoms with Gasteiger partial charge in [-0.15, -0.1) is 24.2 Å². The Morgan fingerprint density at radius 2 is 1.87 bits per heavy atom. The maximum atomic E-state index is 5.20. The Balaban J connectivity index is 4.11. The summed E-state index contributed by atoms with van der Waals surface area (Å²) < 4.78 is 0. The van der Waals surface area contributed by atoms with Crippen LogP contribution in [0.4, 0.5) is 0 Å². The van der Waals surface area contributed by atoms with Gasteiger partial charge in [0.15, 0.2) is 0 Å². The number of rotatable bonds is 5. The predicted molar refractivity (Wildman–Crippen MR) is 72.5 cm³/mol. The van der Waals surface area contributed by atoms with Gasteiger partial charge in [0.1, 0.15) is 0 Å². The molecule has 0 spiro atoms. The molecule has 0 aromatic rings. The molecule has 0 nitrogen and oxygen atoms in total. The molecule has 0 N–H and O–H groups in total. The SMILES string of the molecule is C#CCCCC#CC(CCC)[Si](C)(C)C. The Hall–Kier alpha value is -0.663. The summed E-state index contributed by atoms with van der Waals surface area (Å²) in [7, 11) is -1.09. The van der Waals surface area contributed by atoms with Crippen molar-refractivity contribution >= 4 is 8.07 Å². The van der Waals surface area contributed by atoms with Crippen LogP contribution in [-0.4, -0.2) is 8.07 Å². The van der Waals surface area contributed by atoms with Crippen LogP contribution >= 0.6 is 0 Å². The fourth-order valence-electron chi connectivity index (χ4n) is 1.48. The van der Waals surface area contributed by atoms with Gasteiger partial charge in [-0.25, -0.2) is 0 Å². The molecule has 0 aliphatic rings. The number of hydrogen-bond donors (Lipinski definition) is 0. The monoisotopic (exact) mass is 220 g/mol. The third kappa shape index (κ3) is 7.29. The summed E-state index contributed by atoms with van der Waals surface area (Å²) in [4.78, 5) is 0. The maximum absolute atomic E-state index is 5.20. The van der Waals surface area contributed by atoms with Crippen LogP contribution in [0.5, 0.6) is 0 Å². The van der Waals surface area contributed by atoms with Gasteiger partial charge in [-0.3, -0.25) is 0 Å². The lowest BCUT2D eigenvalue weighted by Gasteiger charge is -2.23. The van der Waals surface area contributed by atoms with E-state index in [1.807, 2.05) is 0 Å². The minimum atomic E-state index is -1.09. The summed E-state index contributed by atoms with van der Waals surface area (Å²) in [6, 6.07) is 0. The van der Waals surface area contributed by atoms with Crippen LogP contribution in [0.3, 0.4) is 0 Å². The molecule has 1 atom stereocenters. The van der Waals surface area contributed by atoms with E-state index in [4.69, 9.17) is 6.42 Å². The van der Waals surface area contributed by atoms with Crippen molar-refractivity contribution in [2.24, 2.45) is 0 Å². The van der Waals surface area contributed by atoms with Crippen molar-refractivity contribution in [2.75, 3.05) is 0 Å². The van der Waals surface area contributed by atoms with Crippen LogP contribution < -0.4 is 0 Å². The highest BCUT2D eigenvalue weighted by Gasteiger charge is 2.23. The molecule has 0 aromatic carbocycles. The molecule has 0 rings (SSSR count). The largest absolute Gasteiger partial charge is 0.120 e. The van der Waals surface area contributed by atoms with Crippen molar-refractivity contribution in [3.8, 4) is 24.2 Å². The first-order valence-corrected chi connectivity index (χ1v) is 9.52. The highest BCUT2D eigenvalue weighted by Crippen LogP contribution is 2.25. The Morgan fingerprint density at radius 1 is 1.20 bits per heavy atom. The molecule has 0 radical (unpaired) electrons. The van der Waals surface area contributed by atoms with Gasteiger partial charge in [0.05, 0.1) is 8.07 Å². The third-order valence-electron chi connectivity index (χ3n) is 2.52. The Morgan fingerprint density at radius 3 is 2.33 bits per heavy atom. The van der Waals surface area contributed by atoms with Crippen molar-refractivity contribution in [3.05, 3.63) is 0 Å². The van der Waals surface area contributed by atoms with E-state index in [1.165, 1.54) is 12.8 Å². The van der Waals surface area contributed by atoms with Gasteiger partial charge in [-0.1, -0.05) is 33.0 Å². The summed E-state index contributed by atoms with van der Waals surface area (Å²) in [6.45, 7) is 9.46. The molecule has 1 unspecified atom stereocenters. The Kier molecular flexibility index (Phi) is 7.27. The van der Waals surface area contributed by atoms with Crippen LogP contribution in [0.1, 0.15) is 39.0 Å². The number of hydrogen-bond acceptors (Lipinski definition) is 0. The highest BCUT2D eigenvalue weighted by molar-refractivity contribution is 6.78. The lowest BCUT2D eigenvalue weighted by molar-refractivity contribution is 0.803. The van der Waals surface area contributed by atoms with E-state index in [2.05, 4.69) is 44.3 Å². The van der Waals surface area contributed by atoms with Gasteiger partial charge < -0.3 is 0 Å². The standard InChI is InChI=1S/C14H24Si/c1-6-8-9-10-11-13-14(12-7-2)15(3,4)5/h1,14H,7-10,12H2,2-5H3. The second kappa shape index (κ2) is 7.61. The average Bonchev–Trinajstić information content (AvgIpc) is 2.14. The fourth-order valence-corrected chi connectivity index (χ4v) is 3.17. The second-order valence-corrected chi connectivity index (χ2v) is 10.5. The minimum absolute atomic E-state index is 0.660. The molecule has 0 bridgehead atoms. The molecule has 0 heterocycles. The van der Waals surface area contributed by atoms with Crippen LogP contribution in [0.15, 0.2) is 0 Å². The summed E-state index contributed by atoms with van der Waals surface area (Å²) >= 11 is 0. The first kappa shape index (κ1) is 14.3. The van der Waals surface area contributed by atoms with Gasteiger partial charge in [-0.2, -0.15) is 0 Å². The van der Waals surface area contributed by atoms with Crippen molar-refractivity contribution < 1.29 is 0 Å². The molecule has 0 fully saturated rings. The van der Waals surface area contributed by atoms with Crippen LogP contribution in [0, 0.1) is 24.2 Å². The smallest absolute Gasteiger partial charge is 0.0612 e. The molecule has 0 aliphatic heterocycles. The molecular weight excluding hydrogens is 196 g/mol. The summed E-state index contributed by atoms with van der Waals surface area (Å²) in [5.41, 5.74) is 0.660. The number of terminal acetylenes is 1. The van der Waals surface area contributed by atoms with E-state index in [9.17, 15) is 0 Å². The summed E-state index contributed by atoms with van der Waals surface area (Å²) in [5.74, 6) is 9.42. The normalized spacial score (nSPS) is 12.5. The fraction of sp³-hybridized carbons (Fsp3) is 0.714. The van der Waals surface area contributed by atoms with Gasteiger partial charge in [-0.05, 0) is 12.8 Å². The minimum Gasteiger partial charge on any atom is -0.120 e. The molecule has 1 heteroatoms. The molecule has 15 heavy (non-hydrogen) atoms. The van der Waals surface area contributed by atoms with Crippen molar-refractivity contribution in [1.29, 1.82) is 0 Å². The molecular formula is C14H24Si. The lowest BCUT2D eigenvalue weighted by atomic mass is 10.2. The quantitative estimate of drug-likeness (QED) is 0.368. The van der Waals surface area contributed by atoms with Gasteiger partial charge >= 0.3 is 0 Å². The van der Waals surface area contributed by atoms with Crippen molar-refractivity contribution in [3.63, 3.8) is 0 Å². The molecule has 0 saturated carbocycles. The van der Waals surface area contributed by atoms with Crippen molar-refractivity contribution in [1.82, 2.24) is 0 Å². The van der Waals surface area contributed by atoms with Crippen LogP contribution in [0.2, 0.25) is 25.2 Å². The average molecular weight is 220 g/mol. The van der Waals surface area contributed by atoms with E-state index < -0.39 is 8.07 Å². The van der Waals surface area contributed by atoms with E-state index in [0.717, 1.165) is 19.3 Å². The third-order valence-corrected chi connectivity index (χ3v) is 5.05. The van der Waals surface area contributed by atoms with Gasteiger partial charge in [0.25, 0.3) is 0 Å². The summed E-state index contributed by atoms with van der Waals surface area (Å²) in [6.07, 6.45) is 10.6. The van der Waals surface area contributed by atoms with Crippen LogP contribution in [-0.2, 0) is 0 Å². The number of unbranched alkanes of at least 4 members (excludes halogenated alkanes) is 2. The van der Waals surface area contributed by atoms with Crippen molar-refractivity contribution in [2.45, 2.75) is 64.2 Å². The molecule has 0 aromatic heterocycles. The zero-order valence-electron chi connectivity index (χ0n) is 10.7. The molecule has 0 aliphatic carbocycles. The first-order valence-electron chi connectivity index (χ1n) is 5.94. The Labute approximate surface area is 96.9 Å². The summed E-state index contributed by atoms with van der Waals surface area (Å²) in [5, 5.41) is 0. The van der Waals surface area contributed by atoms with E-state index >= 15 is 0 Å². The highest BCUT2D eigenvalue weighted by atomic mass is 28.3. The predicted octanol–water partition coefficient (Wildman–Crippen LogP) is 4.30. The van der Waals surface area contributed by atoms with Gasteiger partial charge in [0.2, 0.25) is 0 Å². The zero-order valence-corrected chi connectivity index (χ0v) is 11.7.